The first-order valence-corrected chi connectivity index (χ1v) is 5.70. The summed E-state index contributed by atoms with van der Waals surface area (Å²) in [5.74, 6) is 0.399. The summed E-state index contributed by atoms with van der Waals surface area (Å²) in [6, 6.07) is 0.0207. The van der Waals surface area contributed by atoms with E-state index in [4.69, 9.17) is 0 Å². The minimum Gasteiger partial charge on any atom is -0.362 e. The molecule has 98 valence electrons. The molecular weight excluding hydrogens is 238 g/mol. The second kappa shape index (κ2) is 4.63. The highest BCUT2D eigenvalue weighted by molar-refractivity contribution is 5.78. The number of amides is 1. The summed E-state index contributed by atoms with van der Waals surface area (Å²) >= 11 is 0. The number of carbonyl (C=O) groups is 1. The largest absolute Gasteiger partial charge is 0.362 e. The summed E-state index contributed by atoms with van der Waals surface area (Å²) in [6.07, 6.45) is 1.26. The van der Waals surface area contributed by atoms with Crippen LogP contribution in [0, 0.1) is 17.0 Å². The Morgan fingerprint density at radius 3 is 2.94 bits per heavy atom. The van der Waals surface area contributed by atoms with Crippen LogP contribution in [0.25, 0.3) is 0 Å². The highest BCUT2D eigenvalue weighted by Gasteiger charge is 2.26. The van der Waals surface area contributed by atoms with Crippen molar-refractivity contribution in [3.8, 4) is 0 Å². The normalized spacial score (nSPS) is 18.8. The quantitative estimate of drug-likeness (QED) is 0.594. The molecule has 0 aliphatic carbocycles. The molecule has 1 aromatic rings. The Labute approximate surface area is 104 Å². The molecule has 1 fully saturated rings. The summed E-state index contributed by atoms with van der Waals surface area (Å²) in [4.78, 5) is 21.5. The van der Waals surface area contributed by atoms with Crippen LogP contribution >= 0.6 is 0 Å². The van der Waals surface area contributed by atoms with Gasteiger partial charge in [0.2, 0.25) is 11.7 Å². The number of nitrogens with one attached hydrogen (secondary N) is 2. The van der Waals surface area contributed by atoms with Gasteiger partial charge in [-0.3, -0.25) is 14.9 Å². The maximum absolute atomic E-state index is 11.0. The van der Waals surface area contributed by atoms with E-state index in [1.54, 1.807) is 14.0 Å². The van der Waals surface area contributed by atoms with Crippen molar-refractivity contribution in [2.24, 2.45) is 7.05 Å². The van der Waals surface area contributed by atoms with Gasteiger partial charge in [0, 0.05) is 26.1 Å². The summed E-state index contributed by atoms with van der Waals surface area (Å²) in [5, 5.41) is 20.8. The zero-order valence-corrected chi connectivity index (χ0v) is 10.3. The third-order valence-corrected chi connectivity index (χ3v) is 2.97. The SMILES string of the molecule is Cc1nn(C)c(NCC2CCC(=O)N2)c1[N+](=O)[O-]. The topological polar surface area (TPSA) is 102 Å². The number of hydrogen-bond donors (Lipinski definition) is 2. The van der Waals surface area contributed by atoms with Gasteiger partial charge in [-0.15, -0.1) is 0 Å². The van der Waals surface area contributed by atoms with Gasteiger partial charge in [0.05, 0.1) is 4.92 Å². The Balaban J connectivity index is 2.09. The number of rotatable bonds is 4. The molecule has 0 spiro atoms. The smallest absolute Gasteiger partial charge is 0.333 e. The van der Waals surface area contributed by atoms with Gasteiger partial charge in [0.15, 0.2) is 0 Å². The first kappa shape index (κ1) is 12.3. The Kier molecular flexibility index (Phi) is 3.17. The van der Waals surface area contributed by atoms with E-state index in [2.05, 4.69) is 15.7 Å². The molecule has 2 heterocycles. The van der Waals surface area contributed by atoms with Crippen LogP contribution in [0.3, 0.4) is 0 Å². The zero-order chi connectivity index (χ0) is 13.3. The molecule has 1 unspecified atom stereocenters. The third-order valence-electron chi connectivity index (χ3n) is 2.97. The number of nitrogens with zero attached hydrogens (tertiary/aromatic N) is 3. The molecule has 1 saturated heterocycles. The number of aryl methyl sites for hydroxylation is 2. The predicted octanol–water partition coefficient (Wildman–Crippen LogP) is 0.327. The van der Waals surface area contributed by atoms with E-state index in [-0.39, 0.29) is 17.6 Å². The van der Waals surface area contributed by atoms with Crippen molar-refractivity contribution < 1.29 is 9.72 Å². The lowest BCUT2D eigenvalue weighted by Gasteiger charge is -2.11. The number of aromatic nitrogens is 2. The predicted molar refractivity (Wildman–Crippen MR) is 64.3 cm³/mol. The number of carbonyl (C=O) groups excluding carboxylic acids is 1. The lowest BCUT2D eigenvalue weighted by Crippen LogP contribution is -2.32. The van der Waals surface area contributed by atoms with Crippen LogP contribution in [-0.2, 0) is 11.8 Å². The molecule has 1 amide bonds. The van der Waals surface area contributed by atoms with E-state index in [1.807, 2.05) is 0 Å². The minimum atomic E-state index is -0.447. The average molecular weight is 253 g/mol. The molecule has 1 aromatic heterocycles. The fourth-order valence-electron chi connectivity index (χ4n) is 2.11. The van der Waals surface area contributed by atoms with E-state index < -0.39 is 4.92 Å². The maximum atomic E-state index is 11.0. The second-order valence-corrected chi connectivity index (χ2v) is 4.35. The number of anilines is 1. The second-order valence-electron chi connectivity index (χ2n) is 4.35. The van der Waals surface area contributed by atoms with Crippen LogP contribution in [0.2, 0.25) is 0 Å². The Morgan fingerprint density at radius 2 is 2.39 bits per heavy atom. The van der Waals surface area contributed by atoms with Crippen molar-refractivity contribution in [1.29, 1.82) is 0 Å². The van der Waals surface area contributed by atoms with Crippen LogP contribution in [0.5, 0.6) is 0 Å². The minimum absolute atomic E-state index is 0.0122. The number of nitro groups is 1. The van der Waals surface area contributed by atoms with E-state index in [9.17, 15) is 14.9 Å². The van der Waals surface area contributed by atoms with E-state index >= 15 is 0 Å². The molecule has 0 saturated carbocycles. The van der Waals surface area contributed by atoms with Crippen LogP contribution in [0.4, 0.5) is 11.5 Å². The molecule has 18 heavy (non-hydrogen) atoms. The molecule has 8 heteroatoms. The van der Waals surface area contributed by atoms with Crippen molar-refractivity contribution in [3.63, 3.8) is 0 Å². The third kappa shape index (κ3) is 2.27. The molecule has 0 radical (unpaired) electrons. The van der Waals surface area contributed by atoms with E-state index in [0.717, 1.165) is 6.42 Å². The van der Waals surface area contributed by atoms with Gasteiger partial charge in [-0.25, -0.2) is 4.68 Å². The van der Waals surface area contributed by atoms with Gasteiger partial charge in [-0.2, -0.15) is 5.10 Å². The lowest BCUT2D eigenvalue weighted by atomic mass is 10.2. The highest BCUT2D eigenvalue weighted by atomic mass is 16.6. The molecule has 8 nitrogen and oxygen atoms in total. The van der Waals surface area contributed by atoms with Crippen LogP contribution < -0.4 is 10.6 Å². The van der Waals surface area contributed by atoms with Crippen molar-refractivity contribution in [2.75, 3.05) is 11.9 Å². The summed E-state index contributed by atoms with van der Waals surface area (Å²) in [7, 11) is 1.65. The van der Waals surface area contributed by atoms with Crippen molar-refractivity contribution in [2.45, 2.75) is 25.8 Å². The molecule has 1 aliphatic rings. The zero-order valence-electron chi connectivity index (χ0n) is 10.3. The standard InChI is InChI=1S/C10H15N5O3/c1-6-9(15(17)18)10(14(2)13-6)11-5-7-3-4-8(16)12-7/h7,11H,3-5H2,1-2H3,(H,12,16). The van der Waals surface area contributed by atoms with Gasteiger partial charge in [0.1, 0.15) is 5.69 Å². The van der Waals surface area contributed by atoms with Crippen molar-refractivity contribution in [3.05, 3.63) is 15.8 Å². The van der Waals surface area contributed by atoms with Gasteiger partial charge < -0.3 is 10.6 Å². The monoisotopic (exact) mass is 253 g/mol. The van der Waals surface area contributed by atoms with E-state index in [0.29, 0.717) is 24.5 Å². The molecular formula is C10H15N5O3. The molecule has 1 aliphatic heterocycles. The van der Waals surface area contributed by atoms with Crippen LogP contribution in [0.1, 0.15) is 18.5 Å². The average Bonchev–Trinajstić information content (AvgIpc) is 2.79. The highest BCUT2D eigenvalue weighted by Crippen LogP contribution is 2.27. The first-order valence-electron chi connectivity index (χ1n) is 5.70. The van der Waals surface area contributed by atoms with Gasteiger partial charge >= 0.3 is 5.69 Å². The Bertz CT molecular complexity index is 496. The van der Waals surface area contributed by atoms with Gasteiger partial charge in [0.25, 0.3) is 0 Å². The summed E-state index contributed by atoms with van der Waals surface area (Å²) < 4.78 is 1.45. The molecule has 2 rings (SSSR count). The van der Waals surface area contributed by atoms with Crippen LogP contribution in [0.15, 0.2) is 0 Å². The Hall–Kier alpha value is -2.12. The lowest BCUT2D eigenvalue weighted by molar-refractivity contribution is -0.384. The maximum Gasteiger partial charge on any atom is 0.333 e. The van der Waals surface area contributed by atoms with Crippen molar-refractivity contribution in [1.82, 2.24) is 15.1 Å². The Morgan fingerprint density at radius 1 is 1.67 bits per heavy atom. The first-order chi connectivity index (χ1) is 8.49. The molecule has 1 atom stereocenters. The molecule has 0 aromatic carbocycles. The van der Waals surface area contributed by atoms with Gasteiger partial charge in [-0.1, -0.05) is 0 Å². The van der Waals surface area contributed by atoms with Gasteiger partial charge in [-0.05, 0) is 13.3 Å². The summed E-state index contributed by atoms with van der Waals surface area (Å²) in [6.45, 7) is 2.06. The number of hydrogen-bond acceptors (Lipinski definition) is 5. The van der Waals surface area contributed by atoms with Crippen molar-refractivity contribution >= 4 is 17.4 Å². The molecule has 0 bridgehead atoms. The van der Waals surface area contributed by atoms with Crippen LogP contribution in [-0.4, -0.2) is 33.2 Å². The summed E-state index contributed by atoms with van der Waals surface area (Å²) in [5.41, 5.74) is 0.363. The molecule has 2 N–H and O–H groups in total. The van der Waals surface area contributed by atoms with E-state index in [1.165, 1.54) is 4.68 Å². The fourth-order valence-corrected chi connectivity index (χ4v) is 2.11. The fraction of sp³-hybridized carbons (Fsp3) is 0.600.